The molecular formula is C22H26N2O5. The Morgan fingerprint density at radius 2 is 1.76 bits per heavy atom. The van der Waals surface area contributed by atoms with Crippen molar-refractivity contribution in [1.29, 1.82) is 0 Å². The van der Waals surface area contributed by atoms with Gasteiger partial charge in [-0.1, -0.05) is 24.3 Å². The number of esters is 1. The number of benzene rings is 2. The van der Waals surface area contributed by atoms with Crippen molar-refractivity contribution in [3.05, 3.63) is 64.7 Å². The number of likely N-dealkylation sites (N-methyl/N-ethyl adjacent to an activating group) is 1. The van der Waals surface area contributed by atoms with Crippen LogP contribution in [0.4, 0.5) is 0 Å². The molecule has 2 aromatic rings. The van der Waals surface area contributed by atoms with Crippen LogP contribution < -0.4 is 10.1 Å². The maximum Gasteiger partial charge on any atom is 0.325 e. The summed E-state index contributed by atoms with van der Waals surface area (Å²) in [4.78, 5) is 37.6. The maximum absolute atomic E-state index is 12.2. The smallest absolute Gasteiger partial charge is 0.325 e. The Bertz CT molecular complexity index is 895. The molecule has 0 aliphatic heterocycles. The lowest BCUT2D eigenvalue weighted by atomic mass is 10.1. The third-order valence-electron chi connectivity index (χ3n) is 4.54. The number of nitrogens with zero attached hydrogens (tertiary/aromatic N) is 1. The molecule has 2 aromatic carbocycles. The molecule has 0 aromatic heterocycles. The predicted octanol–water partition coefficient (Wildman–Crippen LogP) is 2.24. The Morgan fingerprint density at radius 1 is 1.03 bits per heavy atom. The molecule has 0 radical (unpaired) electrons. The van der Waals surface area contributed by atoms with Crippen molar-refractivity contribution in [3.8, 4) is 5.75 Å². The highest BCUT2D eigenvalue weighted by atomic mass is 16.5. The quantitative estimate of drug-likeness (QED) is 0.690. The minimum absolute atomic E-state index is 0.310. The molecule has 7 nitrogen and oxygen atoms in total. The first-order valence-corrected chi connectivity index (χ1v) is 9.18. The molecule has 0 heterocycles. The third kappa shape index (κ3) is 6.34. The number of carbonyl (C=O) groups is 3. The maximum atomic E-state index is 12.2. The van der Waals surface area contributed by atoms with Gasteiger partial charge in [-0.2, -0.15) is 0 Å². The van der Waals surface area contributed by atoms with Gasteiger partial charge in [0.25, 0.3) is 11.8 Å². The number of nitrogens with one attached hydrogen (secondary N) is 1. The molecule has 0 atom stereocenters. The summed E-state index contributed by atoms with van der Waals surface area (Å²) in [6.07, 6.45) is 0. The van der Waals surface area contributed by atoms with Crippen LogP contribution in [0.2, 0.25) is 0 Å². The zero-order chi connectivity index (χ0) is 21.4. The lowest BCUT2D eigenvalue weighted by Gasteiger charge is -2.18. The van der Waals surface area contributed by atoms with Gasteiger partial charge in [-0.25, -0.2) is 0 Å². The normalized spacial score (nSPS) is 10.2. The Labute approximate surface area is 170 Å². The molecule has 2 rings (SSSR count). The Morgan fingerprint density at radius 3 is 2.45 bits per heavy atom. The highest BCUT2D eigenvalue weighted by Gasteiger charge is 2.15. The number of aryl methyl sites for hydroxylation is 2. The van der Waals surface area contributed by atoms with Gasteiger partial charge in [-0.15, -0.1) is 0 Å². The summed E-state index contributed by atoms with van der Waals surface area (Å²) in [5.74, 6) is -0.728. The second-order valence-electron chi connectivity index (χ2n) is 6.70. The molecule has 0 aliphatic carbocycles. The number of rotatable bonds is 8. The zero-order valence-electron chi connectivity index (χ0n) is 17.2. The summed E-state index contributed by atoms with van der Waals surface area (Å²) in [6.45, 7) is 3.48. The molecule has 0 bridgehead atoms. The summed E-state index contributed by atoms with van der Waals surface area (Å²) in [5, 5.41) is 2.50. The topological polar surface area (TPSA) is 84.9 Å². The van der Waals surface area contributed by atoms with Crippen LogP contribution in [0.1, 0.15) is 27.0 Å². The second-order valence-corrected chi connectivity index (χ2v) is 6.70. The van der Waals surface area contributed by atoms with Crippen LogP contribution >= 0.6 is 0 Å². The third-order valence-corrected chi connectivity index (χ3v) is 4.54. The summed E-state index contributed by atoms with van der Waals surface area (Å²) in [5.41, 5.74) is 3.38. The molecule has 0 saturated carbocycles. The second kappa shape index (κ2) is 10.3. The van der Waals surface area contributed by atoms with E-state index in [0.717, 1.165) is 16.7 Å². The van der Waals surface area contributed by atoms with Crippen LogP contribution in [0.5, 0.6) is 5.75 Å². The number of methoxy groups -OCH3 is 1. The van der Waals surface area contributed by atoms with E-state index in [1.54, 1.807) is 26.3 Å². The Hall–Kier alpha value is -3.35. The molecule has 0 saturated heterocycles. The standard InChI is InChI=1S/C22H26N2O5/c1-15-9-10-17(11-16(15)2)22(27)23-12-21(26)29-14-20(25)24(3)13-18-7-5-6-8-19(18)28-4/h5-11H,12-14H2,1-4H3,(H,23,27). The number of carbonyl (C=O) groups excluding carboxylic acids is 3. The fourth-order valence-electron chi connectivity index (χ4n) is 2.62. The average Bonchev–Trinajstić information content (AvgIpc) is 2.72. The van der Waals surface area contributed by atoms with E-state index in [1.807, 2.05) is 44.2 Å². The van der Waals surface area contributed by atoms with Crippen molar-refractivity contribution in [2.45, 2.75) is 20.4 Å². The van der Waals surface area contributed by atoms with Crippen LogP contribution in [-0.4, -0.2) is 50.0 Å². The molecular weight excluding hydrogens is 372 g/mol. The van der Waals surface area contributed by atoms with E-state index in [2.05, 4.69) is 5.32 Å². The minimum Gasteiger partial charge on any atom is -0.496 e. The van der Waals surface area contributed by atoms with E-state index in [1.165, 1.54) is 4.90 Å². The monoisotopic (exact) mass is 398 g/mol. The number of ether oxygens (including phenoxy) is 2. The number of para-hydroxylation sites is 1. The summed E-state index contributed by atoms with van der Waals surface area (Å²) in [7, 11) is 3.18. The van der Waals surface area contributed by atoms with Crippen molar-refractivity contribution in [3.63, 3.8) is 0 Å². The Balaban J connectivity index is 1.78. The molecule has 0 spiro atoms. The zero-order valence-corrected chi connectivity index (χ0v) is 17.2. The number of hydrogen-bond acceptors (Lipinski definition) is 5. The van der Waals surface area contributed by atoms with E-state index in [0.29, 0.717) is 17.9 Å². The van der Waals surface area contributed by atoms with Gasteiger partial charge in [-0.05, 0) is 43.2 Å². The molecule has 154 valence electrons. The summed E-state index contributed by atoms with van der Waals surface area (Å²) >= 11 is 0. The Kier molecular flexibility index (Phi) is 7.77. The summed E-state index contributed by atoms with van der Waals surface area (Å²) < 4.78 is 10.2. The van der Waals surface area contributed by atoms with E-state index < -0.39 is 12.6 Å². The first kappa shape index (κ1) is 21.9. The summed E-state index contributed by atoms with van der Waals surface area (Å²) in [6, 6.07) is 12.7. The van der Waals surface area contributed by atoms with Gasteiger partial charge in [0.05, 0.1) is 7.11 Å². The van der Waals surface area contributed by atoms with Gasteiger partial charge >= 0.3 is 5.97 Å². The van der Waals surface area contributed by atoms with Crippen molar-refractivity contribution in [2.75, 3.05) is 27.3 Å². The SMILES string of the molecule is COc1ccccc1CN(C)C(=O)COC(=O)CNC(=O)c1ccc(C)c(C)c1. The minimum atomic E-state index is -0.679. The highest BCUT2D eigenvalue weighted by molar-refractivity contribution is 5.96. The van der Waals surface area contributed by atoms with Gasteiger partial charge in [0.2, 0.25) is 0 Å². The fourth-order valence-corrected chi connectivity index (χ4v) is 2.62. The molecule has 29 heavy (non-hydrogen) atoms. The first-order valence-electron chi connectivity index (χ1n) is 9.18. The molecule has 0 unspecified atom stereocenters. The van der Waals surface area contributed by atoms with Crippen LogP contribution in [0.3, 0.4) is 0 Å². The molecule has 7 heteroatoms. The predicted molar refractivity (Wildman–Crippen MR) is 109 cm³/mol. The van der Waals surface area contributed by atoms with Crippen LogP contribution in [-0.2, 0) is 20.9 Å². The van der Waals surface area contributed by atoms with Gasteiger partial charge in [0.1, 0.15) is 12.3 Å². The first-order chi connectivity index (χ1) is 13.8. The van der Waals surface area contributed by atoms with Gasteiger partial charge in [-0.3, -0.25) is 14.4 Å². The molecule has 0 fully saturated rings. The van der Waals surface area contributed by atoms with Gasteiger partial charge in [0, 0.05) is 24.7 Å². The van der Waals surface area contributed by atoms with Gasteiger partial charge < -0.3 is 19.7 Å². The lowest BCUT2D eigenvalue weighted by molar-refractivity contribution is -0.150. The average molecular weight is 398 g/mol. The lowest BCUT2D eigenvalue weighted by Crippen LogP contribution is -2.34. The van der Waals surface area contributed by atoms with Crippen molar-refractivity contribution < 1.29 is 23.9 Å². The fraction of sp³-hybridized carbons (Fsp3) is 0.318. The van der Waals surface area contributed by atoms with Crippen LogP contribution in [0.15, 0.2) is 42.5 Å². The van der Waals surface area contributed by atoms with E-state index in [-0.39, 0.29) is 18.4 Å². The van der Waals surface area contributed by atoms with E-state index in [9.17, 15) is 14.4 Å². The highest BCUT2D eigenvalue weighted by Crippen LogP contribution is 2.18. The van der Waals surface area contributed by atoms with Gasteiger partial charge in [0.15, 0.2) is 6.61 Å². The largest absolute Gasteiger partial charge is 0.496 e. The van der Waals surface area contributed by atoms with Crippen molar-refractivity contribution in [1.82, 2.24) is 10.2 Å². The van der Waals surface area contributed by atoms with Crippen molar-refractivity contribution in [2.24, 2.45) is 0 Å². The van der Waals surface area contributed by atoms with E-state index >= 15 is 0 Å². The van der Waals surface area contributed by atoms with Crippen molar-refractivity contribution >= 4 is 17.8 Å². The molecule has 0 aliphatic rings. The van der Waals surface area contributed by atoms with Crippen LogP contribution in [0.25, 0.3) is 0 Å². The molecule has 2 amide bonds. The molecule has 1 N–H and O–H groups in total. The van der Waals surface area contributed by atoms with E-state index in [4.69, 9.17) is 9.47 Å². The number of amides is 2. The number of hydrogen-bond donors (Lipinski definition) is 1. The van der Waals surface area contributed by atoms with Crippen LogP contribution in [0, 0.1) is 13.8 Å².